The van der Waals surface area contributed by atoms with Crippen LogP contribution in [0.25, 0.3) is 0 Å². The first-order chi connectivity index (χ1) is 11.9. The summed E-state index contributed by atoms with van der Waals surface area (Å²) in [5, 5.41) is 9.93. The Hall–Kier alpha value is -0.900. The van der Waals surface area contributed by atoms with Gasteiger partial charge < -0.3 is 14.6 Å². The first-order valence-corrected chi connectivity index (χ1v) is 10.1. The van der Waals surface area contributed by atoms with Crippen molar-refractivity contribution in [3.8, 4) is 0 Å². The summed E-state index contributed by atoms with van der Waals surface area (Å²) in [6, 6.07) is 8.29. The van der Waals surface area contributed by atoms with Gasteiger partial charge in [-0.25, -0.2) is 0 Å². The molecule has 1 saturated heterocycles. The Balaban J connectivity index is 1.90. The molecule has 1 fully saturated rings. The number of aliphatic hydroxyl groups excluding tert-OH is 1. The zero-order valence-corrected chi connectivity index (χ0v) is 16.5. The summed E-state index contributed by atoms with van der Waals surface area (Å²) in [4.78, 5) is 0. The standard InChI is InChI=1S/C22H36O3/c1-5-7-8-9-10-11-20-21(25-22(3,4)24-20)16-17-12-14-18(15-13-17)19(23)6-2/h12-15,19-21,23H,5-11,16H2,1-4H3/t19?,20-,21-/m0/s1. The summed E-state index contributed by atoms with van der Waals surface area (Å²) in [5.41, 5.74) is 2.23. The van der Waals surface area contributed by atoms with E-state index >= 15 is 0 Å². The molecule has 142 valence electrons. The third-order valence-electron chi connectivity index (χ3n) is 5.07. The fraction of sp³-hybridized carbons (Fsp3) is 0.727. The Bertz CT molecular complexity index is 494. The van der Waals surface area contributed by atoms with Crippen molar-refractivity contribution >= 4 is 0 Å². The number of unbranched alkanes of at least 4 members (excludes halogenated alkanes) is 4. The molecule has 1 aromatic rings. The van der Waals surface area contributed by atoms with Crippen molar-refractivity contribution in [3.05, 3.63) is 35.4 Å². The van der Waals surface area contributed by atoms with Crippen molar-refractivity contribution < 1.29 is 14.6 Å². The van der Waals surface area contributed by atoms with Crippen LogP contribution >= 0.6 is 0 Å². The highest BCUT2D eigenvalue weighted by Gasteiger charge is 2.40. The lowest BCUT2D eigenvalue weighted by atomic mass is 9.97. The molecule has 0 bridgehead atoms. The van der Waals surface area contributed by atoms with Gasteiger partial charge in [0.05, 0.1) is 18.3 Å². The summed E-state index contributed by atoms with van der Waals surface area (Å²) >= 11 is 0. The van der Waals surface area contributed by atoms with Crippen LogP contribution in [-0.2, 0) is 15.9 Å². The molecule has 1 aromatic carbocycles. The lowest BCUT2D eigenvalue weighted by Crippen LogP contribution is -2.25. The van der Waals surface area contributed by atoms with Gasteiger partial charge in [0, 0.05) is 6.42 Å². The molecule has 0 spiro atoms. The van der Waals surface area contributed by atoms with E-state index in [0.29, 0.717) is 0 Å². The van der Waals surface area contributed by atoms with E-state index in [9.17, 15) is 5.11 Å². The van der Waals surface area contributed by atoms with Gasteiger partial charge in [0.15, 0.2) is 5.79 Å². The summed E-state index contributed by atoms with van der Waals surface area (Å²) < 4.78 is 12.3. The molecule has 25 heavy (non-hydrogen) atoms. The highest BCUT2D eigenvalue weighted by atomic mass is 16.7. The van der Waals surface area contributed by atoms with Gasteiger partial charge in [0.2, 0.25) is 0 Å². The van der Waals surface area contributed by atoms with Crippen LogP contribution in [0.3, 0.4) is 0 Å². The molecule has 3 nitrogen and oxygen atoms in total. The first kappa shape index (κ1) is 20.4. The van der Waals surface area contributed by atoms with Crippen molar-refractivity contribution in [1.82, 2.24) is 0 Å². The predicted molar refractivity (Wildman–Crippen MR) is 103 cm³/mol. The second-order valence-corrected chi connectivity index (χ2v) is 7.79. The molecule has 0 saturated carbocycles. The number of benzene rings is 1. The van der Waals surface area contributed by atoms with Crippen LogP contribution in [0.15, 0.2) is 24.3 Å². The van der Waals surface area contributed by atoms with Crippen LogP contribution in [0.2, 0.25) is 0 Å². The van der Waals surface area contributed by atoms with Crippen molar-refractivity contribution in [2.75, 3.05) is 0 Å². The van der Waals surface area contributed by atoms with Gasteiger partial charge in [-0.1, -0.05) is 70.2 Å². The fourth-order valence-electron chi connectivity index (χ4n) is 3.62. The van der Waals surface area contributed by atoms with E-state index in [-0.39, 0.29) is 18.3 Å². The molecule has 1 heterocycles. The van der Waals surface area contributed by atoms with Crippen molar-refractivity contribution in [3.63, 3.8) is 0 Å². The highest BCUT2D eigenvalue weighted by molar-refractivity contribution is 5.25. The molecule has 0 aromatic heterocycles. The van der Waals surface area contributed by atoms with Gasteiger partial charge in [-0.05, 0) is 37.8 Å². The van der Waals surface area contributed by atoms with Gasteiger partial charge in [0.25, 0.3) is 0 Å². The van der Waals surface area contributed by atoms with Gasteiger partial charge in [-0.2, -0.15) is 0 Å². The SMILES string of the molecule is CCCCCCC[C@@H]1OC(C)(C)O[C@H]1Cc1ccc(C(O)CC)cc1. The lowest BCUT2D eigenvalue weighted by molar-refractivity contribution is -0.146. The minimum Gasteiger partial charge on any atom is -0.388 e. The molecular formula is C22H36O3. The number of hydrogen-bond donors (Lipinski definition) is 1. The maximum atomic E-state index is 9.93. The van der Waals surface area contributed by atoms with E-state index < -0.39 is 5.79 Å². The quantitative estimate of drug-likeness (QED) is 0.563. The average molecular weight is 349 g/mol. The smallest absolute Gasteiger partial charge is 0.163 e. The third-order valence-corrected chi connectivity index (χ3v) is 5.07. The fourth-order valence-corrected chi connectivity index (χ4v) is 3.62. The molecule has 0 radical (unpaired) electrons. The second-order valence-electron chi connectivity index (χ2n) is 7.79. The molecule has 2 rings (SSSR count). The average Bonchev–Trinajstić information content (AvgIpc) is 2.88. The highest BCUT2D eigenvalue weighted by Crippen LogP contribution is 2.33. The summed E-state index contributed by atoms with van der Waals surface area (Å²) in [5.74, 6) is -0.489. The molecule has 3 heteroatoms. The first-order valence-electron chi connectivity index (χ1n) is 10.1. The van der Waals surface area contributed by atoms with Crippen molar-refractivity contribution in [1.29, 1.82) is 0 Å². The molecular weight excluding hydrogens is 312 g/mol. The van der Waals surface area contributed by atoms with E-state index in [4.69, 9.17) is 9.47 Å². The molecule has 1 aliphatic heterocycles. The Kier molecular flexibility index (Phi) is 7.92. The van der Waals surface area contributed by atoms with Crippen molar-refractivity contribution in [2.45, 2.75) is 103 Å². The van der Waals surface area contributed by atoms with E-state index in [1.54, 1.807) is 0 Å². The number of aliphatic hydroxyl groups is 1. The Morgan fingerprint density at radius 3 is 2.24 bits per heavy atom. The Labute approximate surface area is 153 Å². The summed E-state index contributed by atoms with van der Waals surface area (Å²) in [6.45, 7) is 8.27. The number of ether oxygens (including phenoxy) is 2. The van der Waals surface area contributed by atoms with E-state index in [1.807, 2.05) is 32.9 Å². The Morgan fingerprint density at radius 1 is 0.960 bits per heavy atom. The topological polar surface area (TPSA) is 38.7 Å². The monoisotopic (exact) mass is 348 g/mol. The van der Waals surface area contributed by atoms with E-state index in [2.05, 4.69) is 19.1 Å². The Morgan fingerprint density at radius 2 is 1.60 bits per heavy atom. The van der Waals surface area contributed by atoms with Gasteiger partial charge in [-0.3, -0.25) is 0 Å². The molecule has 0 aliphatic carbocycles. The van der Waals surface area contributed by atoms with Gasteiger partial charge >= 0.3 is 0 Å². The zero-order chi connectivity index (χ0) is 18.3. The van der Waals surface area contributed by atoms with Crippen LogP contribution in [0.4, 0.5) is 0 Å². The zero-order valence-electron chi connectivity index (χ0n) is 16.5. The lowest BCUT2D eigenvalue weighted by Gasteiger charge is -2.17. The van der Waals surface area contributed by atoms with Crippen molar-refractivity contribution in [2.24, 2.45) is 0 Å². The van der Waals surface area contributed by atoms with Gasteiger partial charge in [0.1, 0.15) is 0 Å². The summed E-state index contributed by atoms with van der Waals surface area (Å²) in [7, 11) is 0. The van der Waals surface area contributed by atoms with Gasteiger partial charge in [-0.15, -0.1) is 0 Å². The van der Waals surface area contributed by atoms with Crippen LogP contribution in [0.1, 0.15) is 89.9 Å². The second kappa shape index (κ2) is 9.70. The molecule has 1 N–H and O–H groups in total. The van der Waals surface area contributed by atoms with Crippen LogP contribution in [0.5, 0.6) is 0 Å². The normalized spacial score (nSPS) is 23.7. The molecule has 1 unspecified atom stereocenters. The van der Waals surface area contributed by atoms with Crippen LogP contribution < -0.4 is 0 Å². The minimum absolute atomic E-state index is 0.114. The van der Waals surface area contributed by atoms with Crippen LogP contribution in [0, 0.1) is 0 Å². The van der Waals surface area contributed by atoms with Crippen LogP contribution in [-0.4, -0.2) is 23.1 Å². The number of rotatable bonds is 10. The molecule has 0 amide bonds. The summed E-state index contributed by atoms with van der Waals surface area (Å²) in [6.07, 6.45) is 9.03. The third kappa shape index (κ3) is 6.40. The number of hydrogen-bond acceptors (Lipinski definition) is 3. The maximum absolute atomic E-state index is 9.93. The minimum atomic E-state index is -0.489. The van der Waals surface area contributed by atoms with E-state index in [0.717, 1.165) is 24.8 Å². The predicted octanol–water partition coefficient (Wildman–Crippen LogP) is 5.55. The molecule has 3 atom stereocenters. The van der Waals surface area contributed by atoms with E-state index in [1.165, 1.54) is 37.7 Å². The largest absolute Gasteiger partial charge is 0.388 e. The molecule has 1 aliphatic rings. The maximum Gasteiger partial charge on any atom is 0.163 e.